The molecule has 2 rings (SSSR count). The second-order valence-electron chi connectivity index (χ2n) is 4.35. The number of ether oxygens (including phenoxy) is 2. The van der Waals surface area contributed by atoms with Crippen LogP contribution in [0.25, 0.3) is 0 Å². The first kappa shape index (κ1) is 14.3. The molecule has 1 atom stereocenters. The van der Waals surface area contributed by atoms with Gasteiger partial charge in [-0.15, -0.1) is 0 Å². The minimum absolute atomic E-state index is 0.0692. The molecule has 0 bridgehead atoms. The third kappa shape index (κ3) is 3.25. The first-order valence-corrected chi connectivity index (χ1v) is 6.61. The number of rotatable bonds is 6. The molecule has 0 aliphatic rings. The van der Waals surface area contributed by atoms with Gasteiger partial charge >= 0.3 is 0 Å². The Kier molecular flexibility index (Phi) is 4.91. The van der Waals surface area contributed by atoms with Gasteiger partial charge in [0.05, 0.1) is 6.61 Å². The fourth-order valence-electron chi connectivity index (χ4n) is 2.08. The number of carbonyl (C=O) groups excluding carboxylic acids is 1. The number of ketones is 1. The monoisotopic (exact) mass is 270 g/mol. The van der Waals surface area contributed by atoms with Crippen LogP contribution in [0.4, 0.5) is 0 Å². The summed E-state index contributed by atoms with van der Waals surface area (Å²) in [6.07, 6.45) is -0.590. The summed E-state index contributed by atoms with van der Waals surface area (Å²) >= 11 is 0. The maximum atomic E-state index is 12.6. The van der Waals surface area contributed by atoms with Gasteiger partial charge in [-0.2, -0.15) is 0 Å². The molecule has 0 N–H and O–H groups in total. The Balaban J connectivity index is 2.27. The van der Waals surface area contributed by atoms with Crippen molar-refractivity contribution in [2.45, 2.75) is 13.0 Å². The smallest absolute Gasteiger partial charge is 0.196 e. The second kappa shape index (κ2) is 6.87. The lowest BCUT2D eigenvalue weighted by molar-refractivity contribution is 0.0604. The minimum Gasteiger partial charge on any atom is -0.494 e. The van der Waals surface area contributed by atoms with Gasteiger partial charge in [-0.1, -0.05) is 42.5 Å². The van der Waals surface area contributed by atoms with Crippen molar-refractivity contribution in [3.63, 3.8) is 0 Å². The van der Waals surface area contributed by atoms with Gasteiger partial charge in [0.25, 0.3) is 0 Å². The summed E-state index contributed by atoms with van der Waals surface area (Å²) in [5.74, 6) is 0.626. The zero-order chi connectivity index (χ0) is 14.4. The lowest BCUT2D eigenvalue weighted by Gasteiger charge is -2.15. The maximum Gasteiger partial charge on any atom is 0.196 e. The molecule has 0 spiro atoms. The Morgan fingerprint density at radius 1 is 1.10 bits per heavy atom. The summed E-state index contributed by atoms with van der Waals surface area (Å²) in [7, 11) is 1.54. The van der Waals surface area contributed by atoms with Crippen LogP contribution in [0.3, 0.4) is 0 Å². The van der Waals surface area contributed by atoms with Crippen molar-refractivity contribution < 1.29 is 14.3 Å². The van der Waals surface area contributed by atoms with Gasteiger partial charge in [0.15, 0.2) is 5.78 Å². The van der Waals surface area contributed by atoms with Crippen molar-refractivity contribution in [2.24, 2.45) is 0 Å². The lowest BCUT2D eigenvalue weighted by atomic mass is 10.00. The Bertz CT molecular complexity index is 563. The van der Waals surface area contributed by atoms with E-state index in [0.717, 1.165) is 5.56 Å². The molecule has 3 nitrogen and oxygen atoms in total. The van der Waals surface area contributed by atoms with Crippen molar-refractivity contribution in [1.29, 1.82) is 0 Å². The first-order chi connectivity index (χ1) is 9.76. The van der Waals surface area contributed by atoms with E-state index in [1.54, 1.807) is 19.2 Å². The van der Waals surface area contributed by atoms with Crippen LogP contribution in [0.1, 0.15) is 28.9 Å². The van der Waals surface area contributed by atoms with Gasteiger partial charge in [-0.3, -0.25) is 4.79 Å². The number of carbonyl (C=O) groups is 1. The Labute approximate surface area is 119 Å². The molecule has 2 aromatic rings. The van der Waals surface area contributed by atoms with Crippen molar-refractivity contribution in [3.05, 3.63) is 65.7 Å². The van der Waals surface area contributed by atoms with Crippen LogP contribution in [-0.2, 0) is 4.74 Å². The van der Waals surface area contributed by atoms with E-state index in [-0.39, 0.29) is 5.78 Å². The summed E-state index contributed by atoms with van der Waals surface area (Å²) in [5.41, 5.74) is 1.44. The van der Waals surface area contributed by atoms with Gasteiger partial charge in [-0.25, -0.2) is 0 Å². The molecule has 0 aliphatic carbocycles. The molecule has 0 aromatic heterocycles. The standard InChI is InChI=1S/C17H18O3/c1-3-20-15-11-7-10-14(12-15)16(18)17(19-2)13-8-5-4-6-9-13/h4-12,17H,3H2,1-2H3. The molecule has 0 aliphatic heterocycles. The van der Waals surface area contributed by atoms with Crippen molar-refractivity contribution in [2.75, 3.05) is 13.7 Å². The third-order valence-electron chi connectivity index (χ3n) is 3.01. The van der Waals surface area contributed by atoms with E-state index in [2.05, 4.69) is 0 Å². The number of methoxy groups -OCH3 is 1. The number of benzene rings is 2. The molecule has 2 aromatic carbocycles. The Morgan fingerprint density at radius 2 is 1.85 bits per heavy atom. The molecule has 0 heterocycles. The molecule has 1 unspecified atom stereocenters. The highest BCUT2D eigenvalue weighted by Gasteiger charge is 2.21. The van der Waals surface area contributed by atoms with Crippen molar-refractivity contribution in [1.82, 2.24) is 0 Å². The molecule has 0 amide bonds. The van der Waals surface area contributed by atoms with Gasteiger partial charge in [0.2, 0.25) is 0 Å². The first-order valence-electron chi connectivity index (χ1n) is 6.61. The fourth-order valence-corrected chi connectivity index (χ4v) is 2.08. The highest BCUT2D eigenvalue weighted by molar-refractivity contribution is 6.00. The SMILES string of the molecule is CCOc1cccc(C(=O)C(OC)c2ccccc2)c1. The van der Waals surface area contributed by atoms with E-state index in [9.17, 15) is 4.79 Å². The van der Waals surface area contributed by atoms with E-state index in [1.807, 2.05) is 49.4 Å². The summed E-state index contributed by atoms with van der Waals surface area (Å²) in [6.45, 7) is 2.49. The van der Waals surface area contributed by atoms with Crippen LogP contribution < -0.4 is 4.74 Å². The third-order valence-corrected chi connectivity index (χ3v) is 3.01. The van der Waals surface area contributed by atoms with Crippen LogP contribution >= 0.6 is 0 Å². The highest BCUT2D eigenvalue weighted by atomic mass is 16.5. The Hall–Kier alpha value is -2.13. The molecule has 0 saturated heterocycles. The summed E-state index contributed by atoms with van der Waals surface area (Å²) in [4.78, 5) is 12.6. The molecule has 104 valence electrons. The zero-order valence-electron chi connectivity index (χ0n) is 11.7. The van der Waals surface area contributed by atoms with Gasteiger partial charge < -0.3 is 9.47 Å². The minimum atomic E-state index is -0.590. The fraction of sp³-hybridized carbons (Fsp3) is 0.235. The summed E-state index contributed by atoms with van der Waals surface area (Å²) in [6, 6.07) is 16.7. The zero-order valence-corrected chi connectivity index (χ0v) is 11.7. The summed E-state index contributed by atoms with van der Waals surface area (Å²) in [5, 5.41) is 0. The highest BCUT2D eigenvalue weighted by Crippen LogP contribution is 2.23. The van der Waals surface area contributed by atoms with Gasteiger partial charge in [0, 0.05) is 12.7 Å². The maximum absolute atomic E-state index is 12.6. The normalized spacial score (nSPS) is 11.9. The van der Waals surface area contributed by atoms with E-state index >= 15 is 0 Å². The average Bonchev–Trinajstić information content (AvgIpc) is 2.50. The van der Waals surface area contributed by atoms with Gasteiger partial charge in [-0.05, 0) is 24.6 Å². The van der Waals surface area contributed by atoms with Crippen LogP contribution in [0.15, 0.2) is 54.6 Å². The van der Waals surface area contributed by atoms with Crippen LogP contribution in [-0.4, -0.2) is 19.5 Å². The van der Waals surface area contributed by atoms with Crippen LogP contribution in [0, 0.1) is 0 Å². The van der Waals surface area contributed by atoms with E-state index < -0.39 is 6.10 Å². The topological polar surface area (TPSA) is 35.5 Å². The molecule has 0 radical (unpaired) electrons. The number of hydrogen-bond donors (Lipinski definition) is 0. The number of Topliss-reactive ketones (excluding diaryl/α,β-unsaturated/α-hetero) is 1. The Morgan fingerprint density at radius 3 is 2.50 bits per heavy atom. The van der Waals surface area contributed by atoms with E-state index in [0.29, 0.717) is 17.9 Å². The molecular weight excluding hydrogens is 252 g/mol. The number of hydrogen-bond acceptors (Lipinski definition) is 3. The summed E-state index contributed by atoms with van der Waals surface area (Å²) < 4.78 is 10.8. The molecule has 0 saturated carbocycles. The van der Waals surface area contributed by atoms with Crippen molar-refractivity contribution >= 4 is 5.78 Å². The van der Waals surface area contributed by atoms with E-state index in [4.69, 9.17) is 9.47 Å². The quantitative estimate of drug-likeness (QED) is 0.751. The molecular formula is C17H18O3. The average molecular weight is 270 g/mol. The predicted molar refractivity (Wildman–Crippen MR) is 78.1 cm³/mol. The van der Waals surface area contributed by atoms with E-state index in [1.165, 1.54) is 0 Å². The molecule has 3 heteroatoms. The molecule has 20 heavy (non-hydrogen) atoms. The predicted octanol–water partition coefficient (Wildman–Crippen LogP) is 3.66. The van der Waals surface area contributed by atoms with Gasteiger partial charge in [0.1, 0.15) is 11.9 Å². The molecule has 0 fully saturated rings. The largest absolute Gasteiger partial charge is 0.494 e. The van der Waals surface area contributed by atoms with Crippen LogP contribution in [0.5, 0.6) is 5.75 Å². The van der Waals surface area contributed by atoms with Crippen LogP contribution in [0.2, 0.25) is 0 Å². The van der Waals surface area contributed by atoms with Crippen molar-refractivity contribution in [3.8, 4) is 5.75 Å². The second-order valence-corrected chi connectivity index (χ2v) is 4.35. The lowest BCUT2D eigenvalue weighted by Crippen LogP contribution is -2.15.